The van der Waals surface area contributed by atoms with E-state index in [1.165, 1.54) is 10.5 Å². The Kier molecular flexibility index (Phi) is 5.39. The van der Waals surface area contributed by atoms with Crippen molar-refractivity contribution in [3.63, 3.8) is 0 Å². The molecule has 1 N–H and O–H groups in total. The quantitative estimate of drug-likeness (QED) is 0.833. The molecule has 2 heterocycles. The van der Waals surface area contributed by atoms with E-state index in [1.54, 1.807) is 6.08 Å². The number of fused-ring (bicyclic) bond motifs is 1. The second-order valence-electron chi connectivity index (χ2n) is 6.97. The number of piperazine rings is 1. The van der Waals surface area contributed by atoms with Crippen molar-refractivity contribution in [2.24, 2.45) is 0 Å². The highest BCUT2D eigenvalue weighted by Crippen LogP contribution is 2.31. The first-order valence-corrected chi connectivity index (χ1v) is 9.52. The average molecular weight is 365 g/mol. The maximum Gasteiger partial charge on any atom is 0.246 e. The minimum absolute atomic E-state index is 0.0728. The molecule has 0 bridgehead atoms. The van der Waals surface area contributed by atoms with Crippen LogP contribution in [-0.4, -0.2) is 50.2 Å². The predicted octanol–water partition coefficient (Wildman–Crippen LogP) is 1.40. The molecular weight excluding hydrogens is 340 g/mol. The number of nitrogens with zero attached hydrogens (tertiary/aromatic N) is 1. The highest BCUT2D eigenvalue weighted by Gasteiger charge is 2.22. The number of carbonyl (C=O) groups excluding carboxylic acids is 1. The number of carbonyl (C=O) groups is 1. The summed E-state index contributed by atoms with van der Waals surface area (Å²) in [5.41, 5.74) is 2.30. The first-order valence-electron chi connectivity index (χ1n) is 9.52. The van der Waals surface area contributed by atoms with E-state index in [0.29, 0.717) is 13.2 Å². The molecule has 2 aliphatic rings. The van der Waals surface area contributed by atoms with Gasteiger partial charge in [0.05, 0.1) is 26.2 Å². The number of benzene rings is 2. The topological polar surface area (TPSA) is 43.2 Å². The largest absolute Gasteiger partial charge is 0.486 e. The molecule has 0 unspecified atom stereocenters. The van der Waals surface area contributed by atoms with Crippen LogP contribution < -0.4 is 14.4 Å². The molecule has 0 saturated carbocycles. The van der Waals surface area contributed by atoms with Crippen molar-refractivity contribution in [2.45, 2.75) is 6.54 Å². The Morgan fingerprint density at radius 3 is 2.52 bits per heavy atom. The molecule has 0 atom stereocenters. The third-order valence-electron chi connectivity index (χ3n) is 5.06. The van der Waals surface area contributed by atoms with Gasteiger partial charge in [0.2, 0.25) is 5.91 Å². The van der Waals surface area contributed by atoms with Crippen molar-refractivity contribution in [3.8, 4) is 11.5 Å². The zero-order valence-corrected chi connectivity index (χ0v) is 15.4. The number of rotatable bonds is 4. The van der Waals surface area contributed by atoms with E-state index in [1.807, 2.05) is 35.2 Å². The smallest absolute Gasteiger partial charge is 0.246 e. The van der Waals surface area contributed by atoms with Gasteiger partial charge in [-0.25, -0.2) is 0 Å². The zero-order valence-electron chi connectivity index (χ0n) is 15.4. The van der Waals surface area contributed by atoms with Gasteiger partial charge >= 0.3 is 0 Å². The number of amides is 1. The SMILES string of the molecule is O=C(/C=C/c1ccc2c(c1)OCCO2)N1CC[NH+](Cc2ccccc2)CC1. The van der Waals surface area contributed by atoms with Gasteiger partial charge in [0.1, 0.15) is 19.8 Å². The molecule has 0 spiro atoms. The molecule has 5 nitrogen and oxygen atoms in total. The lowest BCUT2D eigenvalue weighted by molar-refractivity contribution is -0.917. The number of hydrogen-bond acceptors (Lipinski definition) is 3. The van der Waals surface area contributed by atoms with E-state index >= 15 is 0 Å². The lowest BCUT2D eigenvalue weighted by atomic mass is 10.1. The Balaban J connectivity index is 1.30. The van der Waals surface area contributed by atoms with E-state index in [9.17, 15) is 4.79 Å². The number of quaternary nitrogens is 1. The van der Waals surface area contributed by atoms with Crippen LogP contribution in [0.1, 0.15) is 11.1 Å². The number of nitrogens with one attached hydrogen (secondary N) is 1. The lowest BCUT2D eigenvalue weighted by Gasteiger charge is -2.31. The highest BCUT2D eigenvalue weighted by molar-refractivity contribution is 5.91. The molecule has 4 rings (SSSR count). The van der Waals surface area contributed by atoms with Crippen LogP contribution in [0.4, 0.5) is 0 Å². The molecule has 5 heteroatoms. The molecular formula is C22H25N2O3+. The van der Waals surface area contributed by atoms with Crippen LogP contribution in [0.2, 0.25) is 0 Å². The summed E-state index contributed by atoms with van der Waals surface area (Å²) in [7, 11) is 0. The molecule has 0 radical (unpaired) electrons. The molecule has 1 fully saturated rings. The minimum atomic E-state index is 0.0728. The fourth-order valence-corrected chi connectivity index (χ4v) is 3.54. The van der Waals surface area contributed by atoms with Crippen molar-refractivity contribution in [3.05, 3.63) is 65.7 Å². The Labute approximate surface area is 159 Å². The zero-order chi connectivity index (χ0) is 18.5. The lowest BCUT2D eigenvalue weighted by Crippen LogP contribution is -3.13. The van der Waals surface area contributed by atoms with Gasteiger partial charge in [-0.2, -0.15) is 0 Å². The van der Waals surface area contributed by atoms with Crippen LogP contribution in [0.25, 0.3) is 6.08 Å². The molecule has 2 aliphatic heterocycles. The van der Waals surface area contributed by atoms with Crippen molar-refractivity contribution < 1.29 is 19.2 Å². The summed E-state index contributed by atoms with van der Waals surface area (Å²) in [4.78, 5) is 16.0. The van der Waals surface area contributed by atoms with E-state index in [0.717, 1.165) is 49.8 Å². The fraction of sp³-hybridized carbons (Fsp3) is 0.318. The Bertz CT molecular complexity index is 812. The van der Waals surface area contributed by atoms with Crippen LogP contribution in [0.3, 0.4) is 0 Å². The van der Waals surface area contributed by atoms with E-state index in [2.05, 4.69) is 24.3 Å². The predicted molar refractivity (Wildman–Crippen MR) is 104 cm³/mol. The third-order valence-corrected chi connectivity index (χ3v) is 5.06. The standard InChI is InChI=1S/C22H24N2O3/c25-22(9-7-18-6-8-20-21(16-18)27-15-14-26-20)24-12-10-23(11-13-24)17-19-4-2-1-3-5-19/h1-9,16H,10-15,17H2/p+1/b9-7+. The first kappa shape index (κ1) is 17.6. The van der Waals surface area contributed by atoms with Crippen LogP contribution in [0, 0.1) is 0 Å². The van der Waals surface area contributed by atoms with Gasteiger partial charge < -0.3 is 19.3 Å². The van der Waals surface area contributed by atoms with E-state index in [-0.39, 0.29) is 5.91 Å². The summed E-state index contributed by atoms with van der Waals surface area (Å²) < 4.78 is 11.1. The van der Waals surface area contributed by atoms with Crippen LogP contribution >= 0.6 is 0 Å². The molecule has 2 aromatic rings. The summed E-state index contributed by atoms with van der Waals surface area (Å²) in [5.74, 6) is 1.58. The van der Waals surface area contributed by atoms with Gasteiger partial charge in [-0.1, -0.05) is 36.4 Å². The van der Waals surface area contributed by atoms with E-state index < -0.39 is 0 Å². The average Bonchev–Trinajstić information content (AvgIpc) is 2.73. The molecule has 140 valence electrons. The van der Waals surface area contributed by atoms with Crippen LogP contribution in [0.5, 0.6) is 11.5 Å². The molecule has 1 amide bonds. The third kappa shape index (κ3) is 4.49. The van der Waals surface area contributed by atoms with Crippen molar-refractivity contribution >= 4 is 12.0 Å². The molecule has 0 aliphatic carbocycles. The van der Waals surface area contributed by atoms with Crippen molar-refractivity contribution in [1.82, 2.24) is 4.90 Å². The fourth-order valence-electron chi connectivity index (χ4n) is 3.54. The maximum atomic E-state index is 12.5. The molecule has 27 heavy (non-hydrogen) atoms. The van der Waals surface area contributed by atoms with Crippen LogP contribution in [0.15, 0.2) is 54.6 Å². The normalized spacial score (nSPS) is 17.3. The second-order valence-corrected chi connectivity index (χ2v) is 6.97. The molecule has 1 saturated heterocycles. The number of ether oxygens (including phenoxy) is 2. The summed E-state index contributed by atoms with van der Waals surface area (Å²) in [6.45, 7) is 5.74. The maximum absolute atomic E-state index is 12.5. The Hall–Kier alpha value is -2.79. The van der Waals surface area contributed by atoms with Crippen molar-refractivity contribution in [2.75, 3.05) is 39.4 Å². The van der Waals surface area contributed by atoms with E-state index in [4.69, 9.17) is 9.47 Å². The van der Waals surface area contributed by atoms with Gasteiger partial charge in [-0.3, -0.25) is 4.79 Å². The van der Waals surface area contributed by atoms with Gasteiger partial charge in [0.15, 0.2) is 11.5 Å². The Morgan fingerprint density at radius 1 is 1.00 bits per heavy atom. The van der Waals surface area contributed by atoms with Gasteiger partial charge in [0.25, 0.3) is 0 Å². The Morgan fingerprint density at radius 2 is 1.74 bits per heavy atom. The summed E-state index contributed by atoms with van der Waals surface area (Å²) in [5, 5.41) is 0. The summed E-state index contributed by atoms with van der Waals surface area (Å²) in [6, 6.07) is 16.3. The second kappa shape index (κ2) is 8.27. The van der Waals surface area contributed by atoms with Crippen molar-refractivity contribution in [1.29, 1.82) is 0 Å². The first-order chi connectivity index (χ1) is 13.3. The minimum Gasteiger partial charge on any atom is -0.486 e. The summed E-state index contributed by atoms with van der Waals surface area (Å²) in [6.07, 6.45) is 3.51. The van der Waals surface area contributed by atoms with Crippen LogP contribution in [-0.2, 0) is 11.3 Å². The van der Waals surface area contributed by atoms with Gasteiger partial charge in [-0.05, 0) is 23.8 Å². The summed E-state index contributed by atoms with van der Waals surface area (Å²) >= 11 is 0. The number of hydrogen-bond donors (Lipinski definition) is 1. The molecule has 2 aromatic carbocycles. The monoisotopic (exact) mass is 365 g/mol. The molecule has 0 aromatic heterocycles. The highest BCUT2D eigenvalue weighted by atomic mass is 16.6. The van der Waals surface area contributed by atoms with Gasteiger partial charge in [-0.15, -0.1) is 0 Å². The van der Waals surface area contributed by atoms with Gasteiger partial charge in [0, 0.05) is 11.6 Å².